The quantitative estimate of drug-likeness (QED) is 0.784. The zero-order chi connectivity index (χ0) is 13.0. The van der Waals surface area contributed by atoms with Crippen LogP contribution in [0, 0.1) is 5.82 Å². The first-order valence-corrected chi connectivity index (χ1v) is 6.84. The van der Waals surface area contributed by atoms with Crippen molar-refractivity contribution in [2.75, 3.05) is 5.32 Å². The number of benzene rings is 2. The van der Waals surface area contributed by atoms with Gasteiger partial charge in [0.05, 0.1) is 0 Å². The second kappa shape index (κ2) is 6.21. The van der Waals surface area contributed by atoms with Gasteiger partial charge < -0.3 is 5.32 Å². The maximum Gasteiger partial charge on any atom is 0.124 e. The summed E-state index contributed by atoms with van der Waals surface area (Å²) in [4.78, 5) is 0. The van der Waals surface area contributed by atoms with Gasteiger partial charge in [-0.3, -0.25) is 0 Å². The fourth-order valence-corrected chi connectivity index (χ4v) is 2.47. The van der Waals surface area contributed by atoms with E-state index in [0.29, 0.717) is 12.4 Å². The fraction of sp³-hybridized carbons (Fsp3) is 0.143. The van der Waals surface area contributed by atoms with Crippen molar-refractivity contribution < 1.29 is 4.39 Å². The standard InChI is InChI=1S/C14H12BrClFN/c15-12-5-10(6-13(17)7-12)9-18-14-4-2-1-3-11(14)8-16/h1-7,18H,8-9H2. The maximum absolute atomic E-state index is 13.2. The molecule has 1 N–H and O–H groups in total. The highest BCUT2D eigenvalue weighted by Gasteiger charge is 2.02. The molecule has 0 heterocycles. The molecule has 0 amide bonds. The number of halogens is 3. The van der Waals surface area contributed by atoms with Crippen LogP contribution in [0.3, 0.4) is 0 Å². The van der Waals surface area contributed by atoms with Crippen molar-refractivity contribution in [1.29, 1.82) is 0 Å². The van der Waals surface area contributed by atoms with E-state index in [1.165, 1.54) is 12.1 Å². The Labute approximate surface area is 119 Å². The summed E-state index contributed by atoms with van der Waals surface area (Å²) in [6, 6.07) is 12.7. The van der Waals surface area contributed by atoms with Crippen molar-refractivity contribution >= 4 is 33.2 Å². The second-order valence-corrected chi connectivity index (χ2v) is 5.10. The molecule has 0 spiro atoms. The van der Waals surface area contributed by atoms with Crippen molar-refractivity contribution in [2.45, 2.75) is 12.4 Å². The lowest BCUT2D eigenvalue weighted by molar-refractivity contribution is 0.625. The zero-order valence-corrected chi connectivity index (χ0v) is 11.9. The third kappa shape index (κ3) is 3.47. The normalized spacial score (nSPS) is 10.4. The molecule has 1 nitrogen and oxygen atoms in total. The Balaban J connectivity index is 2.11. The first-order valence-electron chi connectivity index (χ1n) is 5.52. The van der Waals surface area contributed by atoms with Gasteiger partial charge in [-0.1, -0.05) is 34.1 Å². The summed E-state index contributed by atoms with van der Waals surface area (Å²) < 4.78 is 14.0. The fourth-order valence-electron chi connectivity index (χ4n) is 1.72. The number of para-hydroxylation sites is 1. The van der Waals surface area contributed by atoms with Crippen LogP contribution in [0.4, 0.5) is 10.1 Å². The Bertz CT molecular complexity index is 525. The Kier molecular flexibility index (Phi) is 4.61. The molecule has 2 aromatic carbocycles. The average Bonchev–Trinajstić information content (AvgIpc) is 2.35. The van der Waals surface area contributed by atoms with Gasteiger partial charge in [0.1, 0.15) is 5.82 Å². The minimum absolute atomic E-state index is 0.244. The number of rotatable bonds is 4. The van der Waals surface area contributed by atoms with Gasteiger partial charge in [0.25, 0.3) is 0 Å². The van der Waals surface area contributed by atoms with Crippen LogP contribution < -0.4 is 5.32 Å². The van der Waals surface area contributed by atoms with E-state index in [9.17, 15) is 4.39 Å². The van der Waals surface area contributed by atoms with Gasteiger partial charge in [0, 0.05) is 22.6 Å². The Morgan fingerprint density at radius 3 is 2.67 bits per heavy atom. The third-order valence-electron chi connectivity index (χ3n) is 2.57. The van der Waals surface area contributed by atoms with Crippen molar-refractivity contribution in [3.8, 4) is 0 Å². The van der Waals surface area contributed by atoms with Crippen LogP contribution in [0.15, 0.2) is 46.9 Å². The van der Waals surface area contributed by atoms with Crippen molar-refractivity contribution in [1.82, 2.24) is 0 Å². The predicted molar refractivity (Wildman–Crippen MR) is 77.4 cm³/mol. The molecule has 0 saturated heterocycles. The van der Waals surface area contributed by atoms with Gasteiger partial charge in [-0.2, -0.15) is 0 Å². The monoisotopic (exact) mass is 327 g/mol. The van der Waals surface area contributed by atoms with Crippen LogP contribution in [0.1, 0.15) is 11.1 Å². The molecule has 0 unspecified atom stereocenters. The first kappa shape index (κ1) is 13.4. The van der Waals surface area contributed by atoms with Crippen LogP contribution >= 0.6 is 27.5 Å². The van der Waals surface area contributed by atoms with Crippen LogP contribution in [0.5, 0.6) is 0 Å². The summed E-state index contributed by atoms with van der Waals surface area (Å²) in [5, 5.41) is 3.26. The predicted octanol–water partition coefficient (Wildman–Crippen LogP) is 4.94. The highest BCUT2D eigenvalue weighted by molar-refractivity contribution is 9.10. The molecule has 0 saturated carbocycles. The van der Waals surface area contributed by atoms with Gasteiger partial charge >= 0.3 is 0 Å². The van der Waals surface area contributed by atoms with Gasteiger partial charge in [-0.05, 0) is 35.4 Å². The molecular weight excluding hydrogens is 317 g/mol. The van der Waals surface area contributed by atoms with Gasteiger partial charge in [0.15, 0.2) is 0 Å². The number of hydrogen-bond acceptors (Lipinski definition) is 1. The van der Waals surface area contributed by atoms with Crippen LogP contribution in [0.2, 0.25) is 0 Å². The Hall–Kier alpha value is -1.06. The largest absolute Gasteiger partial charge is 0.381 e. The van der Waals surface area contributed by atoms with Gasteiger partial charge in [-0.25, -0.2) is 4.39 Å². The molecule has 2 aromatic rings. The van der Waals surface area contributed by atoms with E-state index in [2.05, 4.69) is 21.2 Å². The van der Waals surface area contributed by atoms with Gasteiger partial charge in [-0.15, -0.1) is 11.6 Å². The van der Waals surface area contributed by atoms with E-state index in [1.54, 1.807) is 0 Å². The Morgan fingerprint density at radius 2 is 1.94 bits per heavy atom. The van der Waals surface area contributed by atoms with E-state index in [-0.39, 0.29) is 5.82 Å². The summed E-state index contributed by atoms with van der Waals surface area (Å²) in [6.07, 6.45) is 0. The van der Waals surface area contributed by atoms with Crippen molar-refractivity contribution in [2.24, 2.45) is 0 Å². The van der Waals surface area contributed by atoms with E-state index in [4.69, 9.17) is 11.6 Å². The molecular formula is C14H12BrClFN. The molecule has 0 bridgehead atoms. The highest BCUT2D eigenvalue weighted by atomic mass is 79.9. The van der Waals surface area contributed by atoms with E-state index < -0.39 is 0 Å². The molecule has 0 radical (unpaired) electrons. The molecule has 0 aromatic heterocycles. The minimum Gasteiger partial charge on any atom is -0.381 e. The molecule has 0 aliphatic carbocycles. The smallest absolute Gasteiger partial charge is 0.124 e. The lowest BCUT2D eigenvalue weighted by Gasteiger charge is -2.10. The lowest BCUT2D eigenvalue weighted by atomic mass is 10.1. The lowest BCUT2D eigenvalue weighted by Crippen LogP contribution is -2.02. The van der Waals surface area contributed by atoms with Gasteiger partial charge in [0.2, 0.25) is 0 Å². The molecule has 0 aliphatic heterocycles. The molecule has 94 valence electrons. The van der Waals surface area contributed by atoms with Crippen LogP contribution in [-0.4, -0.2) is 0 Å². The van der Waals surface area contributed by atoms with Crippen LogP contribution in [0.25, 0.3) is 0 Å². The number of alkyl halides is 1. The number of nitrogens with one attached hydrogen (secondary N) is 1. The zero-order valence-electron chi connectivity index (χ0n) is 9.59. The Morgan fingerprint density at radius 1 is 1.17 bits per heavy atom. The van der Waals surface area contributed by atoms with E-state index in [1.807, 2.05) is 30.3 Å². The topological polar surface area (TPSA) is 12.0 Å². The SMILES string of the molecule is Fc1cc(Br)cc(CNc2ccccc2CCl)c1. The van der Waals surface area contributed by atoms with Crippen molar-refractivity contribution in [3.05, 3.63) is 63.9 Å². The molecule has 0 fully saturated rings. The molecule has 2 rings (SSSR count). The highest BCUT2D eigenvalue weighted by Crippen LogP contribution is 2.20. The van der Waals surface area contributed by atoms with E-state index in [0.717, 1.165) is 21.3 Å². The van der Waals surface area contributed by atoms with Crippen LogP contribution in [-0.2, 0) is 12.4 Å². The summed E-state index contributed by atoms with van der Waals surface area (Å²) in [6.45, 7) is 0.560. The minimum atomic E-state index is -0.244. The summed E-state index contributed by atoms with van der Waals surface area (Å²) >= 11 is 9.14. The summed E-state index contributed by atoms with van der Waals surface area (Å²) in [5.41, 5.74) is 2.90. The maximum atomic E-state index is 13.2. The average molecular weight is 329 g/mol. The summed E-state index contributed by atoms with van der Waals surface area (Å²) in [5.74, 6) is 0.211. The summed E-state index contributed by atoms with van der Waals surface area (Å²) in [7, 11) is 0. The number of hydrogen-bond donors (Lipinski definition) is 1. The molecule has 0 atom stereocenters. The molecule has 0 aliphatic rings. The second-order valence-electron chi connectivity index (χ2n) is 3.92. The molecule has 18 heavy (non-hydrogen) atoms. The molecule has 4 heteroatoms. The van der Waals surface area contributed by atoms with E-state index >= 15 is 0 Å². The first-order chi connectivity index (χ1) is 8.69. The van der Waals surface area contributed by atoms with Crippen molar-refractivity contribution in [3.63, 3.8) is 0 Å². The number of anilines is 1. The third-order valence-corrected chi connectivity index (χ3v) is 3.31.